The molecule has 0 saturated heterocycles. The Morgan fingerprint density at radius 3 is 2.26 bits per heavy atom. The number of ether oxygens (including phenoxy) is 1. The third-order valence-electron chi connectivity index (χ3n) is 2.86. The normalized spacial score (nSPS) is 14.9. The minimum Gasteiger partial charge on any atom is -0.479 e. The van der Waals surface area contributed by atoms with Crippen molar-refractivity contribution >= 4 is 28.7 Å². The molecule has 5 nitrogen and oxygen atoms in total. The Balaban J connectivity index is 2.36. The number of methoxy groups -OCH3 is 1. The van der Waals surface area contributed by atoms with Gasteiger partial charge in [-0.2, -0.15) is 0 Å². The van der Waals surface area contributed by atoms with Gasteiger partial charge in [0, 0.05) is 25.3 Å². The van der Waals surface area contributed by atoms with Crippen molar-refractivity contribution in [3.8, 4) is 0 Å². The van der Waals surface area contributed by atoms with Gasteiger partial charge in [0.1, 0.15) is 5.71 Å². The van der Waals surface area contributed by atoms with E-state index in [1.54, 1.807) is 6.08 Å². The third kappa shape index (κ3) is 2.54. The van der Waals surface area contributed by atoms with Crippen LogP contribution < -0.4 is 4.90 Å². The summed E-state index contributed by atoms with van der Waals surface area (Å²) in [5, 5.41) is 15.4. The van der Waals surface area contributed by atoms with Gasteiger partial charge in [-0.15, -0.1) is 0 Å². The van der Waals surface area contributed by atoms with Gasteiger partial charge in [0.05, 0.1) is 18.5 Å². The quantitative estimate of drug-likeness (QED) is 0.851. The number of anilines is 1. The van der Waals surface area contributed by atoms with Crippen LogP contribution in [0.5, 0.6) is 0 Å². The topological polar surface area (TPSA) is 72.5 Å². The van der Waals surface area contributed by atoms with E-state index in [0.717, 1.165) is 11.3 Å². The van der Waals surface area contributed by atoms with Crippen molar-refractivity contribution in [3.05, 3.63) is 35.9 Å². The van der Waals surface area contributed by atoms with Gasteiger partial charge in [0.15, 0.2) is 0 Å². The number of nitrogens with one attached hydrogen (secondary N) is 2. The maximum Gasteiger partial charge on any atom is 0.241 e. The molecule has 0 fully saturated rings. The minimum absolute atomic E-state index is 0.0103. The number of hydrogen-bond donors (Lipinski definition) is 2. The van der Waals surface area contributed by atoms with Crippen molar-refractivity contribution in [2.45, 2.75) is 0 Å². The van der Waals surface area contributed by atoms with Crippen LogP contribution in [0.3, 0.4) is 0 Å². The van der Waals surface area contributed by atoms with Crippen molar-refractivity contribution in [1.29, 1.82) is 10.8 Å². The summed E-state index contributed by atoms with van der Waals surface area (Å²) in [7, 11) is 5.42. The molecule has 1 aromatic carbocycles. The molecule has 2 rings (SSSR count). The molecule has 1 aliphatic heterocycles. The number of rotatable bonds is 2. The lowest BCUT2D eigenvalue weighted by atomic mass is 10.1. The molecule has 0 atom stereocenters. The number of benzene rings is 1. The molecule has 1 heterocycles. The van der Waals surface area contributed by atoms with E-state index in [4.69, 9.17) is 15.6 Å². The van der Waals surface area contributed by atoms with Gasteiger partial charge < -0.3 is 9.64 Å². The molecule has 0 aromatic heterocycles. The smallest absolute Gasteiger partial charge is 0.241 e. The molecular formula is C14H16N4O. The zero-order valence-corrected chi connectivity index (χ0v) is 11.2. The van der Waals surface area contributed by atoms with Crippen LogP contribution in [0.25, 0.3) is 5.70 Å². The van der Waals surface area contributed by atoms with Crippen LogP contribution in [0.4, 0.5) is 5.69 Å². The Morgan fingerprint density at radius 2 is 1.74 bits per heavy atom. The van der Waals surface area contributed by atoms with E-state index in [9.17, 15) is 0 Å². The van der Waals surface area contributed by atoms with E-state index in [2.05, 4.69) is 4.99 Å². The lowest BCUT2D eigenvalue weighted by Gasteiger charge is -2.15. The van der Waals surface area contributed by atoms with Crippen molar-refractivity contribution in [3.63, 3.8) is 0 Å². The van der Waals surface area contributed by atoms with Crippen molar-refractivity contribution in [1.82, 2.24) is 0 Å². The van der Waals surface area contributed by atoms with Gasteiger partial charge in [-0.1, -0.05) is 12.1 Å². The summed E-state index contributed by atoms with van der Waals surface area (Å²) in [6.07, 6.45) is 1.58. The van der Waals surface area contributed by atoms with Gasteiger partial charge in [0.2, 0.25) is 5.90 Å². The first kappa shape index (κ1) is 13.0. The summed E-state index contributed by atoms with van der Waals surface area (Å²) in [4.78, 5) is 6.27. The van der Waals surface area contributed by atoms with Crippen LogP contribution in [0.1, 0.15) is 5.56 Å². The molecular weight excluding hydrogens is 240 g/mol. The van der Waals surface area contributed by atoms with Crippen molar-refractivity contribution in [2.24, 2.45) is 4.99 Å². The van der Waals surface area contributed by atoms with E-state index >= 15 is 0 Å². The maximum atomic E-state index is 7.75. The standard InChI is InChI=1S/C14H16N4O/c1-18(2)10-6-4-9(5-7-10)12-8-11(15)13(16)14(17-12)19-3/h4-8,15-16H,1-3H3. The van der Waals surface area contributed by atoms with Crippen LogP contribution in [0.2, 0.25) is 0 Å². The highest BCUT2D eigenvalue weighted by atomic mass is 16.5. The number of hydrogen-bond acceptors (Lipinski definition) is 5. The fourth-order valence-electron chi connectivity index (χ4n) is 1.75. The molecule has 0 saturated carbocycles. The second-order valence-corrected chi connectivity index (χ2v) is 4.38. The molecule has 1 aromatic rings. The summed E-state index contributed by atoms with van der Waals surface area (Å²) in [6.45, 7) is 0. The molecule has 1 aliphatic rings. The van der Waals surface area contributed by atoms with E-state index in [1.807, 2.05) is 43.3 Å². The van der Waals surface area contributed by atoms with Gasteiger partial charge in [-0.05, 0) is 18.2 Å². The highest BCUT2D eigenvalue weighted by Crippen LogP contribution is 2.22. The van der Waals surface area contributed by atoms with E-state index in [0.29, 0.717) is 5.70 Å². The molecule has 0 spiro atoms. The molecule has 98 valence electrons. The Hall–Kier alpha value is -2.43. The number of aliphatic imine (C=N–C) groups is 1. The third-order valence-corrected chi connectivity index (χ3v) is 2.86. The first-order chi connectivity index (χ1) is 9.02. The fourth-order valence-corrected chi connectivity index (χ4v) is 1.75. The zero-order chi connectivity index (χ0) is 14.0. The molecule has 0 unspecified atom stereocenters. The van der Waals surface area contributed by atoms with E-state index in [1.165, 1.54) is 7.11 Å². The monoisotopic (exact) mass is 256 g/mol. The van der Waals surface area contributed by atoms with Crippen LogP contribution >= 0.6 is 0 Å². The van der Waals surface area contributed by atoms with Crippen LogP contribution in [-0.2, 0) is 4.74 Å². The lowest BCUT2D eigenvalue weighted by molar-refractivity contribution is 0.411. The lowest BCUT2D eigenvalue weighted by Crippen LogP contribution is -2.26. The number of nitrogens with zero attached hydrogens (tertiary/aromatic N) is 2. The van der Waals surface area contributed by atoms with Gasteiger partial charge in [0.25, 0.3) is 0 Å². The summed E-state index contributed by atoms with van der Waals surface area (Å²) < 4.78 is 5.02. The molecule has 0 amide bonds. The van der Waals surface area contributed by atoms with Crippen molar-refractivity contribution < 1.29 is 4.74 Å². The molecule has 0 radical (unpaired) electrons. The Labute approximate surface area is 112 Å². The van der Waals surface area contributed by atoms with Gasteiger partial charge >= 0.3 is 0 Å². The molecule has 0 aliphatic carbocycles. The second kappa shape index (κ2) is 5.06. The Kier molecular flexibility index (Phi) is 3.46. The summed E-state index contributed by atoms with van der Waals surface area (Å²) in [5.41, 5.74) is 2.76. The fraction of sp³-hybridized carbons (Fsp3) is 0.214. The molecule has 0 bridgehead atoms. The highest BCUT2D eigenvalue weighted by Gasteiger charge is 2.19. The Bertz CT molecular complexity index is 582. The average Bonchev–Trinajstić information content (AvgIpc) is 2.41. The average molecular weight is 256 g/mol. The number of allylic oxidation sites excluding steroid dienone is 1. The second-order valence-electron chi connectivity index (χ2n) is 4.38. The molecule has 2 N–H and O–H groups in total. The van der Waals surface area contributed by atoms with Gasteiger partial charge in [-0.3, -0.25) is 10.8 Å². The van der Waals surface area contributed by atoms with E-state index < -0.39 is 0 Å². The Morgan fingerprint density at radius 1 is 1.11 bits per heavy atom. The largest absolute Gasteiger partial charge is 0.479 e. The zero-order valence-electron chi connectivity index (χ0n) is 11.2. The van der Waals surface area contributed by atoms with E-state index in [-0.39, 0.29) is 17.3 Å². The first-order valence-electron chi connectivity index (χ1n) is 5.83. The van der Waals surface area contributed by atoms with Crippen LogP contribution in [0.15, 0.2) is 35.3 Å². The first-order valence-corrected chi connectivity index (χ1v) is 5.83. The predicted molar refractivity (Wildman–Crippen MR) is 78.6 cm³/mol. The van der Waals surface area contributed by atoms with Gasteiger partial charge in [-0.25, -0.2) is 4.99 Å². The molecule has 19 heavy (non-hydrogen) atoms. The predicted octanol–water partition coefficient (Wildman–Crippen LogP) is 2.19. The SMILES string of the molecule is COC1=NC(c2ccc(N(C)C)cc2)=CC(=N)C1=N. The maximum absolute atomic E-state index is 7.75. The molecule has 5 heteroatoms. The summed E-state index contributed by atoms with van der Waals surface area (Å²) in [5.74, 6) is 0.180. The summed E-state index contributed by atoms with van der Waals surface area (Å²) in [6, 6.07) is 7.86. The summed E-state index contributed by atoms with van der Waals surface area (Å²) >= 11 is 0. The van der Waals surface area contributed by atoms with Crippen LogP contribution in [-0.4, -0.2) is 38.5 Å². The van der Waals surface area contributed by atoms with Crippen LogP contribution in [0, 0.1) is 10.8 Å². The highest BCUT2D eigenvalue weighted by molar-refractivity contribution is 6.69. The van der Waals surface area contributed by atoms with Crippen molar-refractivity contribution in [2.75, 3.05) is 26.1 Å². The minimum atomic E-state index is 0.0103.